The summed E-state index contributed by atoms with van der Waals surface area (Å²) in [7, 11) is 0. The van der Waals surface area contributed by atoms with E-state index in [2.05, 4.69) is 167 Å². The van der Waals surface area contributed by atoms with Gasteiger partial charge in [0.05, 0.1) is 21.9 Å². The van der Waals surface area contributed by atoms with Gasteiger partial charge >= 0.3 is 6.01 Å². The van der Waals surface area contributed by atoms with Crippen molar-refractivity contribution in [2.24, 2.45) is 0 Å². The summed E-state index contributed by atoms with van der Waals surface area (Å²) in [5, 5.41) is 10.0. The minimum Gasteiger partial charge on any atom is -0.422 e. The van der Waals surface area contributed by atoms with Gasteiger partial charge in [-0.05, 0) is 52.3 Å². The van der Waals surface area contributed by atoms with E-state index in [1.165, 1.54) is 5.22 Å². The molecule has 61 heavy (non-hydrogen) atoms. The van der Waals surface area contributed by atoms with Gasteiger partial charge in [0.15, 0.2) is 17.2 Å². The van der Waals surface area contributed by atoms with Gasteiger partial charge in [0.1, 0.15) is 5.52 Å². The van der Waals surface area contributed by atoms with Crippen LogP contribution in [0.5, 0.6) is 0 Å². The van der Waals surface area contributed by atoms with Crippen LogP contribution in [0.4, 0.5) is 0 Å². The van der Waals surface area contributed by atoms with E-state index in [0.717, 1.165) is 106 Å². The van der Waals surface area contributed by atoms with Crippen LogP contribution in [0, 0.1) is 0 Å². The predicted octanol–water partition coefficient (Wildman–Crippen LogP) is 11.7. The lowest BCUT2D eigenvalue weighted by atomic mass is 10.0. The molecular weight excluding hydrogens is 749 g/mol. The smallest absolute Gasteiger partial charge is 0.307 e. The fraction of sp³-hybridized carbons (Fsp3) is 0.0370. The first kappa shape index (κ1) is 33.8. The Hall–Kier alpha value is -8.16. The van der Waals surface area contributed by atoms with Gasteiger partial charge in [0.25, 0.3) is 0 Å². The van der Waals surface area contributed by atoms with E-state index in [0.29, 0.717) is 23.6 Å². The fourth-order valence-electron chi connectivity index (χ4n) is 9.44. The van der Waals surface area contributed by atoms with Crippen molar-refractivity contribution in [3.05, 3.63) is 180 Å². The maximum atomic E-state index is 7.03. The number of hydrogen-bond acceptors (Lipinski definition) is 5. The zero-order valence-corrected chi connectivity index (χ0v) is 32.8. The van der Waals surface area contributed by atoms with Crippen LogP contribution in [-0.4, -0.2) is 29.1 Å². The third-order valence-electron chi connectivity index (χ3n) is 12.2. The molecule has 7 heteroatoms. The normalized spacial score (nSPS) is 12.7. The topological polar surface area (TPSA) is 74.6 Å². The largest absolute Gasteiger partial charge is 0.422 e. The molecule has 0 bridgehead atoms. The first-order valence-electron chi connectivity index (χ1n) is 20.7. The highest BCUT2D eigenvalue weighted by Crippen LogP contribution is 2.39. The third kappa shape index (κ3) is 5.17. The summed E-state index contributed by atoms with van der Waals surface area (Å²) in [6.07, 6.45) is 6.54. The summed E-state index contributed by atoms with van der Waals surface area (Å²) in [5.74, 6) is 1.76. The molecule has 0 fully saturated rings. The molecule has 8 aromatic carbocycles. The van der Waals surface area contributed by atoms with Crippen molar-refractivity contribution < 1.29 is 4.42 Å². The molecule has 0 radical (unpaired) electrons. The SMILES string of the molecule is C1=c2c(n(-c3nc(-c4ccccc4)nc(-c4ccc(-c5ccccc5)cc4)n3)c3c2ccc2c4ccccc4n(-c4nc5ccc6ccc7ccccc7c6c5o4)c23)=CCC1. The van der Waals surface area contributed by atoms with Gasteiger partial charge in [0.2, 0.25) is 5.95 Å². The molecular formula is C54H34N6O. The molecule has 4 heterocycles. The molecule has 0 saturated carbocycles. The summed E-state index contributed by atoms with van der Waals surface area (Å²) in [6, 6.07) is 59.6. The summed E-state index contributed by atoms with van der Waals surface area (Å²) >= 11 is 0. The second-order valence-corrected chi connectivity index (χ2v) is 15.7. The monoisotopic (exact) mass is 782 g/mol. The van der Waals surface area contributed by atoms with E-state index < -0.39 is 0 Å². The number of aromatic nitrogens is 6. The van der Waals surface area contributed by atoms with Gasteiger partial charge in [-0.15, -0.1) is 0 Å². The lowest BCUT2D eigenvalue weighted by Gasteiger charge is -2.12. The van der Waals surface area contributed by atoms with Crippen molar-refractivity contribution in [3.63, 3.8) is 0 Å². The first-order chi connectivity index (χ1) is 30.2. The molecule has 1 aliphatic carbocycles. The van der Waals surface area contributed by atoms with Gasteiger partial charge in [0, 0.05) is 37.9 Å². The second kappa shape index (κ2) is 13.2. The number of para-hydroxylation sites is 1. The molecule has 13 rings (SSSR count). The van der Waals surface area contributed by atoms with Crippen LogP contribution in [0.2, 0.25) is 0 Å². The maximum absolute atomic E-state index is 7.03. The van der Waals surface area contributed by atoms with E-state index in [-0.39, 0.29) is 0 Å². The number of nitrogens with zero attached hydrogens (tertiary/aromatic N) is 6. The summed E-state index contributed by atoms with van der Waals surface area (Å²) in [4.78, 5) is 21.1. The number of rotatable bonds is 5. The Morgan fingerprint density at radius 1 is 0.426 bits per heavy atom. The standard InChI is InChI=1S/C54H34N6O/c1-3-13-33(14-4-1)34-23-27-38(28-24-34)52-56-51(37-16-5-2-6-17-37)57-53(58-52)59-45-21-11-9-19-40(45)42-30-31-43-41-20-10-12-22-46(41)60(49(43)48(42)59)54-55-44-32-29-36-26-25-35-15-7-8-18-39(35)47(36)50(44)61-54/h1-8,10,12-32H,9,11H2. The van der Waals surface area contributed by atoms with Crippen LogP contribution in [0.3, 0.4) is 0 Å². The van der Waals surface area contributed by atoms with Crippen LogP contribution in [0.15, 0.2) is 174 Å². The Bertz CT molecular complexity index is 3860. The van der Waals surface area contributed by atoms with Crippen LogP contribution in [-0.2, 0) is 0 Å². The third-order valence-corrected chi connectivity index (χ3v) is 12.2. The molecule has 7 nitrogen and oxygen atoms in total. The van der Waals surface area contributed by atoms with Crippen molar-refractivity contribution in [2.45, 2.75) is 12.8 Å². The molecule has 12 aromatic rings. The van der Waals surface area contributed by atoms with E-state index >= 15 is 0 Å². The Labute approximate surface area is 348 Å². The lowest BCUT2D eigenvalue weighted by Crippen LogP contribution is -2.31. The molecule has 0 aliphatic heterocycles. The molecule has 1 aliphatic rings. The zero-order chi connectivity index (χ0) is 40.0. The van der Waals surface area contributed by atoms with Gasteiger partial charge in [-0.25, -0.2) is 4.98 Å². The molecule has 0 saturated heterocycles. The minimum absolute atomic E-state index is 0.507. The molecule has 4 aromatic heterocycles. The maximum Gasteiger partial charge on any atom is 0.307 e. The molecule has 0 atom stereocenters. The van der Waals surface area contributed by atoms with E-state index in [1.54, 1.807) is 0 Å². The number of fused-ring (bicyclic) bond motifs is 12. The zero-order valence-electron chi connectivity index (χ0n) is 32.8. The predicted molar refractivity (Wildman–Crippen MR) is 247 cm³/mol. The van der Waals surface area contributed by atoms with Crippen molar-refractivity contribution in [3.8, 4) is 45.9 Å². The molecule has 286 valence electrons. The Morgan fingerprint density at radius 3 is 1.85 bits per heavy atom. The van der Waals surface area contributed by atoms with E-state index in [9.17, 15) is 0 Å². The highest BCUT2D eigenvalue weighted by Gasteiger charge is 2.25. The van der Waals surface area contributed by atoms with Crippen molar-refractivity contribution >= 4 is 77.5 Å². The van der Waals surface area contributed by atoms with Gasteiger partial charge in [-0.3, -0.25) is 9.13 Å². The van der Waals surface area contributed by atoms with Crippen LogP contribution < -0.4 is 10.6 Å². The summed E-state index contributed by atoms with van der Waals surface area (Å²) in [5.41, 5.74) is 8.66. The van der Waals surface area contributed by atoms with Crippen molar-refractivity contribution in [1.29, 1.82) is 0 Å². The van der Waals surface area contributed by atoms with E-state index in [4.69, 9.17) is 24.4 Å². The van der Waals surface area contributed by atoms with Crippen LogP contribution in [0.1, 0.15) is 12.8 Å². The average Bonchev–Trinajstić information content (AvgIpc) is 4.02. The van der Waals surface area contributed by atoms with Crippen molar-refractivity contribution in [2.75, 3.05) is 0 Å². The van der Waals surface area contributed by atoms with Crippen LogP contribution in [0.25, 0.3) is 123 Å². The Balaban J connectivity index is 1.12. The summed E-state index contributed by atoms with van der Waals surface area (Å²) in [6.45, 7) is 0. The highest BCUT2D eigenvalue weighted by molar-refractivity contribution is 6.20. The number of oxazole rings is 1. The van der Waals surface area contributed by atoms with Gasteiger partial charge in [-0.2, -0.15) is 15.0 Å². The molecule has 0 spiro atoms. The first-order valence-corrected chi connectivity index (χ1v) is 20.7. The lowest BCUT2D eigenvalue weighted by molar-refractivity contribution is 0.577. The Kier molecular flexibility index (Phi) is 7.30. The Morgan fingerprint density at radius 2 is 1.03 bits per heavy atom. The quantitative estimate of drug-likeness (QED) is 0.163. The number of hydrogen-bond donors (Lipinski definition) is 0. The van der Waals surface area contributed by atoms with Gasteiger partial charge < -0.3 is 4.42 Å². The van der Waals surface area contributed by atoms with Gasteiger partial charge in [-0.1, -0.05) is 170 Å². The number of benzene rings is 8. The van der Waals surface area contributed by atoms with E-state index in [1.807, 2.05) is 24.3 Å². The molecule has 0 amide bonds. The minimum atomic E-state index is 0.507. The van der Waals surface area contributed by atoms with Crippen LogP contribution >= 0.6 is 0 Å². The van der Waals surface area contributed by atoms with Crippen molar-refractivity contribution in [1.82, 2.24) is 29.1 Å². The molecule has 0 unspecified atom stereocenters. The summed E-state index contributed by atoms with van der Waals surface area (Å²) < 4.78 is 11.5. The fourth-order valence-corrected chi connectivity index (χ4v) is 9.44. The molecule has 0 N–H and O–H groups in total. The second-order valence-electron chi connectivity index (χ2n) is 15.7. The highest BCUT2D eigenvalue weighted by atomic mass is 16.4. The average molecular weight is 783 g/mol.